The van der Waals surface area contributed by atoms with Gasteiger partial charge >= 0.3 is 0 Å². The number of halogens is 2. The van der Waals surface area contributed by atoms with E-state index in [-0.39, 0.29) is 6.54 Å². The molecule has 25 heavy (non-hydrogen) atoms. The van der Waals surface area contributed by atoms with Crippen molar-refractivity contribution < 1.29 is 9.84 Å². The quantitative estimate of drug-likeness (QED) is 0.677. The van der Waals surface area contributed by atoms with Crippen LogP contribution in [0.1, 0.15) is 18.9 Å². The molecule has 0 fully saturated rings. The Morgan fingerprint density at radius 2 is 1.84 bits per heavy atom. The van der Waals surface area contributed by atoms with Crippen molar-refractivity contribution in [1.82, 2.24) is 14.8 Å². The average molecular weight is 378 g/mol. The molecule has 5 nitrogen and oxygen atoms in total. The summed E-state index contributed by atoms with van der Waals surface area (Å²) < 4.78 is 7.35. The third kappa shape index (κ3) is 4.12. The Hall–Kier alpha value is -2.08. The summed E-state index contributed by atoms with van der Waals surface area (Å²) in [5.41, 5.74) is -0.528. The molecular formula is C18H17Cl2N3O2. The summed E-state index contributed by atoms with van der Waals surface area (Å²) in [4.78, 5) is 3.90. The fourth-order valence-electron chi connectivity index (χ4n) is 2.55. The summed E-state index contributed by atoms with van der Waals surface area (Å²) in [6, 6.07) is 12.3. The number of hydrogen-bond donors (Lipinski definition) is 1. The first-order valence-corrected chi connectivity index (χ1v) is 8.54. The SMILES string of the molecule is CCC(O)(Cn1cncn1)c1ccc(Oc2ccc(Cl)cc2)cc1Cl. The second kappa shape index (κ2) is 7.44. The van der Waals surface area contributed by atoms with E-state index in [9.17, 15) is 5.11 Å². The highest BCUT2D eigenvalue weighted by Gasteiger charge is 2.30. The van der Waals surface area contributed by atoms with Crippen LogP contribution in [0.5, 0.6) is 11.5 Å². The van der Waals surface area contributed by atoms with E-state index in [0.717, 1.165) is 0 Å². The summed E-state index contributed by atoms with van der Waals surface area (Å²) in [6.45, 7) is 2.16. The predicted octanol–water partition coefficient (Wildman–Crippen LogP) is 4.68. The molecule has 0 amide bonds. The summed E-state index contributed by atoms with van der Waals surface area (Å²) in [6.07, 6.45) is 3.47. The highest BCUT2D eigenvalue weighted by atomic mass is 35.5. The van der Waals surface area contributed by atoms with Crippen molar-refractivity contribution in [2.24, 2.45) is 0 Å². The van der Waals surface area contributed by atoms with Gasteiger partial charge in [-0.05, 0) is 42.8 Å². The summed E-state index contributed by atoms with van der Waals surface area (Å²) >= 11 is 12.3. The van der Waals surface area contributed by atoms with Gasteiger partial charge in [0.2, 0.25) is 0 Å². The van der Waals surface area contributed by atoms with E-state index in [0.29, 0.717) is 33.5 Å². The van der Waals surface area contributed by atoms with E-state index in [1.165, 1.54) is 6.33 Å². The summed E-state index contributed by atoms with van der Waals surface area (Å²) in [5.74, 6) is 1.23. The number of rotatable bonds is 6. The zero-order valence-corrected chi connectivity index (χ0v) is 15.1. The molecule has 2 aromatic carbocycles. The normalized spacial score (nSPS) is 13.4. The number of aliphatic hydroxyl groups is 1. The minimum Gasteiger partial charge on any atom is -0.457 e. The van der Waals surface area contributed by atoms with Gasteiger partial charge in [-0.1, -0.05) is 36.2 Å². The van der Waals surface area contributed by atoms with Crippen molar-refractivity contribution >= 4 is 23.2 Å². The summed E-state index contributed by atoms with van der Waals surface area (Å²) in [5, 5.41) is 16.1. The molecule has 1 aromatic heterocycles. The van der Waals surface area contributed by atoms with Crippen LogP contribution in [0, 0.1) is 0 Å². The van der Waals surface area contributed by atoms with Crippen molar-refractivity contribution in [1.29, 1.82) is 0 Å². The highest BCUT2D eigenvalue weighted by Crippen LogP contribution is 2.35. The van der Waals surface area contributed by atoms with E-state index < -0.39 is 5.60 Å². The van der Waals surface area contributed by atoms with Crippen LogP contribution < -0.4 is 4.74 Å². The van der Waals surface area contributed by atoms with Crippen LogP contribution >= 0.6 is 23.2 Å². The molecule has 0 aliphatic carbocycles. The van der Waals surface area contributed by atoms with Gasteiger partial charge in [-0.2, -0.15) is 5.10 Å². The zero-order valence-electron chi connectivity index (χ0n) is 13.6. The van der Waals surface area contributed by atoms with Crippen LogP contribution in [0.25, 0.3) is 0 Å². The highest BCUT2D eigenvalue weighted by molar-refractivity contribution is 6.31. The first-order valence-electron chi connectivity index (χ1n) is 7.78. The van der Waals surface area contributed by atoms with Crippen molar-refractivity contribution in [3.05, 3.63) is 70.7 Å². The molecule has 1 heterocycles. The fraction of sp³-hybridized carbons (Fsp3) is 0.222. The first-order chi connectivity index (χ1) is 12.0. The number of benzene rings is 2. The maximum atomic E-state index is 11.0. The van der Waals surface area contributed by atoms with Gasteiger partial charge in [-0.3, -0.25) is 0 Å². The van der Waals surface area contributed by atoms with Crippen LogP contribution in [-0.2, 0) is 12.1 Å². The Labute approximate surface area is 155 Å². The lowest BCUT2D eigenvalue weighted by atomic mass is 9.91. The smallest absolute Gasteiger partial charge is 0.137 e. The van der Waals surface area contributed by atoms with E-state index in [4.69, 9.17) is 27.9 Å². The van der Waals surface area contributed by atoms with Crippen LogP contribution in [-0.4, -0.2) is 19.9 Å². The lowest BCUT2D eigenvalue weighted by molar-refractivity contribution is 0.0110. The number of hydrogen-bond acceptors (Lipinski definition) is 4. The van der Waals surface area contributed by atoms with Gasteiger partial charge in [0.15, 0.2) is 0 Å². The monoisotopic (exact) mass is 377 g/mol. The molecule has 0 saturated heterocycles. The molecule has 7 heteroatoms. The second-order valence-corrected chi connectivity index (χ2v) is 6.52. The Morgan fingerprint density at radius 3 is 2.44 bits per heavy atom. The lowest BCUT2D eigenvalue weighted by Crippen LogP contribution is -2.31. The standard InChI is InChI=1S/C18H17Cl2N3O2/c1-2-18(24,10-23-12-21-11-22-23)16-8-7-15(9-17(16)20)25-14-5-3-13(19)4-6-14/h3-9,11-12,24H,2,10H2,1H3. The maximum absolute atomic E-state index is 11.0. The summed E-state index contributed by atoms with van der Waals surface area (Å²) in [7, 11) is 0. The molecule has 1 N–H and O–H groups in total. The van der Waals surface area contributed by atoms with Gasteiger partial charge in [0, 0.05) is 10.6 Å². The van der Waals surface area contributed by atoms with Crippen molar-refractivity contribution in [3.8, 4) is 11.5 Å². The first kappa shape index (κ1) is 17.7. The molecule has 0 saturated carbocycles. The van der Waals surface area contributed by atoms with Crippen molar-refractivity contribution in [2.75, 3.05) is 0 Å². The van der Waals surface area contributed by atoms with Crippen molar-refractivity contribution in [2.45, 2.75) is 25.5 Å². The van der Waals surface area contributed by atoms with Gasteiger partial charge in [0.25, 0.3) is 0 Å². The van der Waals surface area contributed by atoms with Crippen LogP contribution in [0.2, 0.25) is 10.0 Å². The van der Waals surface area contributed by atoms with E-state index in [1.54, 1.807) is 53.5 Å². The Bertz CT molecular complexity index is 838. The van der Waals surface area contributed by atoms with Gasteiger partial charge in [0.1, 0.15) is 29.8 Å². The molecule has 130 valence electrons. The van der Waals surface area contributed by atoms with Gasteiger partial charge in [0.05, 0.1) is 11.6 Å². The molecule has 0 aliphatic heterocycles. The number of aromatic nitrogens is 3. The molecule has 1 unspecified atom stereocenters. The van der Waals surface area contributed by atoms with E-state index in [2.05, 4.69) is 10.1 Å². The largest absolute Gasteiger partial charge is 0.457 e. The zero-order chi connectivity index (χ0) is 17.9. The second-order valence-electron chi connectivity index (χ2n) is 5.68. The molecular weight excluding hydrogens is 361 g/mol. The third-order valence-corrected chi connectivity index (χ3v) is 4.53. The molecule has 1 atom stereocenters. The van der Waals surface area contributed by atoms with Crippen LogP contribution in [0.15, 0.2) is 55.1 Å². The van der Waals surface area contributed by atoms with Gasteiger partial charge in [-0.25, -0.2) is 9.67 Å². The van der Waals surface area contributed by atoms with E-state index in [1.807, 2.05) is 6.92 Å². The van der Waals surface area contributed by atoms with E-state index >= 15 is 0 Å². The molecule has 0 spiro atoms. The molecule has 3 aromatic rings. The molecule has 0 aliphatic rings. The fourth-order valence-corrected chi connectivity index (χ4v) is 3.02. The molecule has 3 rings (SSSR count). The van der Waals surface area contributed by atoms with Crippen LogP contribution in [0.3, 0.4) is 0 Å². The Kier molecular flexibility index (Phi) is 5.27. The van der Waals surface area contributed by atoms with Gasteiger partial charge < -0.3 is 9.84 Å². The predicted molar refractivity (Wildman–Crippen MR) is 97.2 cm³/mol. The molecule has 0 bridgehead atoms. The minimum absolute atomic E-state index is 0.264. The van der Waals surface area contributed by atoms with Gasteiger partial charge in [-0.15, -0.1) is 0 Å². The Morgan fingerprint density at radius 1 is 1.12 bits per heavy atom. The average Bonchev–Trinajstić information content (AvgIpc) is 3.09. The lowest BCUT2D eigenvalue weighted by Gasteiger charge is -2.28. The van der Waals surface area contributed by atoms with Crippen LogP contribution in [0.4, 0.5) is 0 Å². The number of ether oxygens (including phenoxy) is 1. The Balaban J connectivity index is 1.83. The minimum atomic E-state index is -1.15. The number of nitrogens with zero attached hydrogens (tertiary/aromatic N) is 3. The molecule has 0 radical (unpaired) electrons. The topological polar surface area (TPSA) is 60.2 Å². The third-order valence-electron chi connectivity index (χ3n) is 3.97. The van der Waals surface area contributed by atoms with Crippen molar-refractivity contribution in [3.63, 3.8) is 0 Å². The maximum Gasteiger partial charge on any atom is 0.137 e.